The van der Waals surface area contributed by atoms with Crippen molar-refractivity contribution in [3.05, 3.63) is 90.5 Å². The van der Waals surface area contributed by atoms with Crippen molar-refractivity contribution in [3.63, 3.8) is 0 Å². The van der Waals surface area contributed by atoms with Crippen molar-refractivity contribution in [1.29, 1.82) is 0 Å². The quantitative estimate of drug-likeness (QED) is 0.310. The maximum absolute atomic E-state index is 13.9. The number of anilines is 2. The van der Waals surface area contributed by atoms with Crippen molar-refractivity contribution < 1.29 is 14.3 Å². The van der Waals surface area contributed by atoms with Crippen LogP contribution in [0.3, 0.4) is 0 Å². The largest absolute Gasteiger partial charge is 0.497 e. The van der Waals surface area contributed by atoms with Gasteiger partial charge >= 0.3 is 0 Å². The van der Waals surface area contributed by atoms with Crippen LogP contribution in [-0.4, -0.2) is 41.9 Å². The lowest BCUT2D eigenvalue weighted by atomic mass is 9.95. The SMILES string of the molecule is COc1cccc(N(C(=O)C2CCN(C(=O)C=Cc3ccccc3)CC2)c2nc3ccccc3s2)c1. The number of nitrogens with zero attached hydrogens (tertiary/aromatic N) is 3. The molecule has 0 N–H and O–H groups in total. The first-order valence-electron chi connectivity index (χ1n) is 12.0. The lowest BCUT2D eigenvalue weighted by molar-refractivity contribution is -0.130. The van der Waals surface area contributed by atoms with E-state index in [1.54, 1.807) is 18.1 Å². The molecule has 0 aliphatic carbocycles. The number of carbonyl (C=O) groups excluding carboxylic acids is 2. The van der Waals surface area contributed by atoms with Crippen molar-refractivity contribution in [2.24, 2.45) is 5.92 Å². The Hall–Kier alpha value is -3.97. The summed E-state index contributed by atoms with van der Waals surface area (Å²) in [6, 6.07) is 25.1. The highest BCUT2D eigenvalue weighted by Crippen LogP contribution is 2.37. The number of amides is 2. The summed E-state index contributed by atoms with van der Waals surface area (Å²) in [6.07, 6.45) is 4.66. The maximum atomic E-state index is 13.9. The molecule has 0 saturated carbocycles. The van der Waals surface area contributed by atoms with Gasteiger partial charge in [0.05, 0.1) is 23.0 Å². The summed E-state index contributed by atoms with van der Waals surface area (Å²) in [4.78, 5) is 34.9. The van der Waals surface area contributed by atoms with Gasteiger partial charge in [0.15, 0.2) is 5.13 Å². The van der Waals surface area contributed by atoms with E-state index < -0.39 is 0 Å². The summed E-state index contributed by atoms with van der Waals surface area (Å²) in [5.74, 6) is 0.442. The fourth-order valence-electron chi connectivity index (χ4n) is 4.40. The van der Waals surface area contributed by atoms with Gasteiger partial charge in [0, 0.05) is 31.1 Å². The lowest BCUT2D eigenvalue weighted by Gasteiger charge is -2.33. The van der Waals surface area contributed by atoms with Crippen LogP contribution >= 0.6 is 11.3 Å². The lowest BCUT2D eigenvalue weighted by Crippen LogP contribution is -2.43. The predicted octanol–water partition coefficient (Wildman–Crippen LogP) is 5.92. The van der Waals surface area contributed by atoms with Crippen molar-refractivity contribution in [2.45, 2.75) is 12.8 Å². The Kier molecular flexibility index (Phi) is 7.09. The third-order valence-corrected chi connectivity index (χ3v) is 7.40. The number of piperidine rings is 1. The number of para-hydroxylation sites is 1. The van der Waals surface area contributed by atoms with Gasteiger partial charge in [-0.15, -0.1) is 0 Å². The molecule has 6 nitrogen and oxygen atoms in total. The van der Waals surface area contributed by atoms with Gasteiger partial charge in [-0.25, -0.2) is 4.98 Å². The van der Waals surface area contributed by atoms with Crippen molar-refractivity contribution in [2.75, 3.05) is 25.1 Å². The molecule has 36 heavy (non-hydrogen) atoms. The van der Waals surface area contributed by atoms with Crippen molar-refractivity contribution in [3.8, 4) is 5.75 Å². The first-order valence-corrected chi connectivity index (χ1v) is 12.8. The molecule has 0 radical (unpaired) electrons. The highest BCUT2D eigenvalue weighted by molar-refractivity contribution is 7.22. The van der Waals surface area contributed by atoms with Crippen LogP contribution in [0.4, 0.5) is 10.8 Å². The second kappa shape index (κ2) is 10.7. The summed E-state index contributed by atoms with van der Waals surface area (Å²) in [6.45, 7) is 1.08. The molecule has 0 spiro atoms. The van der Waals surface area contributed by atoms with E-state index in [-0.39, 0.29) is 17.7 Å². The molecule has 0 atom stereocenters. The van der Waals surface area contributed by atoms with Crippen LogP contribution in [0.5, 0.6) is 5.75 Å². The summed E-state index contributed by atoms with van der Waals surface area (Å²) in [5.41, 5.74) is 2.58. The van der Waals surface area contributed by atoms with Crippen LogP contribution < -0.4 is 9.64 Å². The fourth-order valence-corrected chi connectivity index (χ4v) is 5.40. The minimum atomic E-state index is -0.203. The molecule has 7 heteroatoms. The van der Waals surface area contributed by atoms with E-state index in [4.69, 9.17) is 9.72 Å². The van der Waals surface area contributed by atoms with E-state index in [1.165, 1.54) is 11.3 Å². The summed E-state index contributed by atoms with van der Waals surface area (Å²) in [7, 11) is 1.61. The van der Waals surface area contributed by atoms with Crippen molar-refractivity contribution >= 4 is 50.3 Å². The van der Waals surface area contributed by atoms with E-state index in [9.17, 15) is 9.59 Å². The molecule has 2 amide bonds. The molecule has 2 heterocycles. The highest BCUT2D eigenvalue weighted by Gasteiger charge is 2.32. The first kappa shape index (κ1) is 23.8. The summed E-state index contributed by atoms with van der Waals surface area (Å²) in [5, 5.41) is 0.638. The molecular weight excluding hydrogens is 470 g/mol. The number of aromatic nitrogens is 1. The van der Waals surface area contributed by atoms with Gasteiger partial charge in [0.25, 0.3) is 0 Å². The molecule has 0 bridgehead atoms. The number of thiazole rings is 1. The van der Waals surface area contributed by atoms with Crippen LogP contribution in [0, 0.1) is 5.92 Å². The number of rotatable bonds is 6. The minimum Gasteiger partial charge on any atom is -0.497 e. The van der Waals surface area contributed by atoms with E-state index in [0.29, 0.717) is 36.8 Å². The Morgan fingerprint density at radius 3 is 2.50 bits per heavy atom. The van der Waals surface area contributed by atoms with Crippen LogP contribution in [0.15, 0.2) is 84.9 Å². The first-order chi connectivity index (χ1) is 17.6. The fraction of sp³-hybridized carbons (Fsp3) is 0.207. The average Bonchev–Trinajstić information content (AvgIpc) is 3.36. The van der Waals surface area contributed by atoms with Gasteiger partial charge in [-0.2, -0.15) is 0 Å². The van der Waals surface area contributed by atoms with Gasteiger partial charge in [-0.05, 0) is 48.7 Å². The van der Waals surface area contributed by atoms with Crippen LogP contribution in [0.1, 0.15) is 18.4 Å². The molecule has 1 saturated heterocycles. The molecule has 182 valence electrons. The number of ether oxygens (including phenoxy) is 1. The average molecular weight is 498 g/mol. The van der Waals surface area contributed by atoms with Crippen LogP contribution in [0.25, 0.3) is 16.3 Å². The Bertz CT molecular complexity index is 1360. The van der Waals surface area contributed by atoms with Gasteiger partial charge in [-0.3, -0.25) is 14.5 Å². The van der Waals surface area contributed by atoms with Gasteiger partial charge < -0.3 is 9.64 Å². The molecule has 1 fully saturated rings. The zero-order valence-corrected chi connectivity index (χ0v) is 20.9. The summed E-state index contributed by atoms with van der Waals surface area (Å²) < 4.78 is 6.44. The number of hydrogen-bond acceptors (Lipinski definition) is 5. The number of carbonyl (C=O) groups is 2. The topological polar surface area (TPSA) is 62.7 Å². The third kappa shape index (κ3) is 5.16. The molecule has 1 aromatic heterocycles. The minimum absolute atomic E-state index is 0.00534. The second-order valence-electron chi connectivity index (χ2n) is 8.68. The van der Waals surface area contributed by atoms with Crippen LogP contribution in [-0.2, 0) is 9.59 Å². The predicted molar refractivity (Wildman–Crippen MR) is 145 cm³/mol. The number of likely N-dealkylation sites (tertiary alicyclic amines) is 1. The zero-order chi connectivity index (χ0) is 24.9. The van der Waals surface area contributed by atoms with Gasteiger partial charge in [-0.1, -0.05) is 59.9 Å². The Morgan fingerprint density at radius 2 is 1.75 bits per heavy atom. The molecule has 0 unspecified atom stereocenters. The van der Waals surface area contributed by atoms with E-state index >= 15 is 0 Å². The van der Waals surface area contributed by atoms with E-state index in [0.717, 1.165) is 21.5 Å². The Labute approximate surface area is 214 Å². The standard InChI is InChI=1S/C29H27N3O3S/c1-35-24-11-7-10-23(20-24)32(29-30-25-12-5-6-13-26(25)36-29)28(34)22-16-18-31(19-17-22)27(33)15-14-21-8-3-2-4-9-21/h2-15,20,22H,16-19H2,1H3. The van der Waals surface area contributed by atoms with E-state index in [1.807, 2.05) is 89.8 Å². The number of benzene rings is 3. The molecule has 5 rings (SSSR count). The molecule has 1 aliphatic heterocycles. The van der Waals surface area contributed by atoms with Gasteiger partial charge in [0.1, 0.15) is 5.75 Å². The molecule has 3 aromatic carbocycles. The second-order valence-corrected chi connectivity index (χ2v) is 9.69. The molecule has 1 aliphatic rings. The zero-order valence-electron chi connectivity index (χ0n) is 20.0. The van der Waals surface area contributed by atoms with E-state index in [2.05, 4.69) is 0 Å². The smallest absolute Gasteiger partial charge is 0.246 e. The molecule has 4 aromatic rings. The highest BCUT2D eigenvalue weighted by atomic mass is 32.1. The monoisotopic (exact) mass is 497 g/mol. The summed E-state index contributed by atoms with van der Waals surface area (Å²) >= 11 is 1.50. The molecular formula is C29H27N3O3S. The van der Waals surface area contributed by atoms with Gasteiger partial charge in [0.2, 0.25) is 11.8 Å². The number of fused-ring (bicyclic) bond motifs is 1. The number of methoxy groups -OCH3 is 1. The Morgan fingerprint density at radius 1 is 1.00 bits per heavy atom. The normalized spacial score (nSPS) is 14.3. The van der Waals surface area contributed by atoms with Crippen LogP contribution in [0.2, 0.25) is 0 Å². The number of hydrogen-bond donors (Lipinski definition) is 0. The third-order valence-electron chi connectivity index (χ3n) is 6.38. The van der Waals surface area contributed by atoms with Crippen molar-refractivity contribution in [1.82, 2.24) is 9.88 Å². The Balaban J connectivity index is 1.34. The maximum Gasteiger partial charge on any atom is 0.246 e.